The zero-order valence-electron chi connectivity index (χ0n) is 9.25. The van der Waals surface area contributed by atoms with E-state index in [1.807, 2.05) is 20.8 Å². The molecular formula is C10H20FNO2. The summed E-state index contributed by atoms with van der Waals surface area (Å²) < 4.78 is 16.6. The maximum Gasteiger partial charge on any atom is 0.293 e. The molecule has 0 atom stereocenters. The molecule has 0 amide bonds. The molecule has 0 N–H and O–H groups in total. The minimum atomic E-state index is -0.318. The first-order valence-corrected chi connectivity index (χ1v) is 4.98. The Morgan fingerprint density at radius 2 is 1.71 bits per heavy atom. The van der Waals surface area contributed by atoms with E-state index in [0.29, 0.717) is 19.6 Å². The van der Waals surface area contributed by atoms with Crippen LogP contribution in [0.4, 0.5) is 4.48 Å². The van der Waals surface area contributed by atoms with Crippen LogP contribution in [0.3, 0.4) is 0 Å². The topological polar surface area (TPSA) is 29.5 Å². The van der Waals surface area contributed by atoms with Crippen LogP contribution in [-0.2, 0) is 9.53 Å². The molecule has 4 heteroatoms. The van der Waals surface area contributed by atoms with Crippen molar-refractivity contribution in [2.45, 2.75) is 45.6 Å². The monoisotopic (exact) mass is 205 g/mol. The molecule has 1 aliphatic rings. The van der Waals surface area contributed by atoms with Gasteiger partial charge >= 0.3 is 0 Å². The lowest BCUT2D eigenvalue weighted by Crippen LogP contribution is -2.20. The van der Waals surface area contributed by atoms with Crippen LogP contribution in [0.25, 0.3) is 0 Å². The fourth-order valence-corrected chi connectivity index (χ4v) is 1.000. The third kappa shape index (κ3) is 9.45. The van der Waals surface area contributed by atoms with Crippen molar-refractivity contribution in [3.63, 3.8) is 0 Å². The minimum Gasteiger partial charge on any atom is -0.462 e. The maximum atomic E-state index is 12.0. The third-order valence-electron chi connectivity index (χ3n) is 1.70. The molecule has 14 heavy (non-hydrogen) atoms. The lowest BCUT2D eigenvalue weighted by molar-refractivity contribution is -0.138. The fourth-order valence-electron chi connectivity index (χ4n) is 1.000. The van der Waals surface area contributed by atoms with Crippen molar-refractivity contribution in [3.05, 3.63) is 0 Å². The molecule has 1 rings (SSSR count). The van der Waals surface area contributed by atoms with E-state index in [1.165, 1.54) is 6.42 Å². The van der Waals surface area contributed by atoms with Gasteiger partial charge in [-0.2, -0.15) is 0 Å². The molecule has 0 radical (unpaired) electrons. The summed E-state index contributed by atoms with van der Waals surface area (Å²) in [6, 6.07) is 0. The molecule has 1 saturated heterocycles. The van der Waals surface area contributed by atoms with E-state index in [1.54, 1.807) is 0 Å². The number of hydrogen-bond acceptors (Lipinski definition) is 3. The van der Waals surface area contributed by atoms with Gasteiger partial charge in [0.1, 0.15) is 5.60 Å². The number of nitrogens with zero attached hydrogens (tertiary/aromatic N) is 1. The molecule has 0 unspecified atom stereocenters. The number of carbonyl (C=O) groups is 1. The second-order valence-electron chi connectivity index (χ2n) is 4.30. The van der Waals surface area contributed by atoms with E-state index in [-0.39, 0.29) is 5.60 Å². The molecule has 0 aliphatic carbocycles. The van der Waals surface area contributed by atoms with Crippen LogP contribution < -0.4 is 0 Å². The Morgan fingerprint density at radius 1 is 1.21 bits per heavy atom. The highest BCUT2D eigenvalue weighted by Gasteiger charge is 2.07. The van der Waals surface area contributed by atoms with Crippen LogP contribution in [0.15, 0.2) is 0 Å². The van der Waals surface area contributed by atoms with Crippen molar-refractivity contribution in [3.8, 4) is 0 Å². The van der Waals surface area contributed by atoms with Crippen LogP contribution in [-0.4, -0.2) is 30.3 Å². The molecule has 3 nitrogen and oxygen atoms in total. The summed E-state index contributed by atoms with van der Waals surface area (Å²) in [5, 5.41) is 0.892. The van der Waals surface area contributed by atoms with Crippen molar-refractivity contribution in [2.24, 2.45) is 0 Å². The van der Waals surface area contributed by atoms with Crippen LogP contribution in [0.5, 0.6) is 0 Å². The summed E-state index contributed by atoms with van der Waals surface area (Å²) in [6.45, 7) is 7.23. The number of hydrogen-bond donors (Lipinski definition) is 0. The Kier molecular flexibility index (Phi) is 6.45. The SMILES string of the molecule is CC(C)(C)OC=O.FN1CCCCC1. The van der Waals surface area contributed by atoms with Crippen molar-refractivity contribution < 1.29 is 14.0 Å². The molecule has 0 saturated carbocycles. The van der Waals surface area contributed by atoms with Crippen molar-refractivity contribution >= 4 is 6.47 Å². The zero-order chi connectivity index (χ0) is 11.0. The van der Waals surface area contributed by atoms with Crippen LogP contribution >= 0.6 is 0 Å². The summed E-state index contributed by atoms with van der Waals surface area (Å²) in [5.74, 6) is 0. The van der Waals surface area contributed by atoms with Gasteiger partial charge in [-0.1, -0.05) is 6.42 Å². The molecule has 0 spiro atoms. The number of halogens is 1. The highest BCUT2D eigenvalue weighted by molar-refractivity contribution is 5.37. The quantitative estimate of drug-likeness (QED) is 0.486. The number of rotatable bonds is 1. The lowest BCUT2D eigenvalue weighted by Gasteiger charge is -2.15. The number of piperidine rings is 1. The largest absolute Gasteiger partial charge is 0.462 e. The smallest absolute Gasteiger partial charge is 0.293 e. The van der Waals surface area contributed by atoms with Crippen molar-refractivity contribution in [1.29, 1.82) is 0 Å². The molecule has 0 bridgehead atoms. The minimum absolute atomic E-state index is 0.318. The van der Waals surface area contributed by atoms with Crippen LogP contribution in [0.1, 0.15) is 40.0 Å². The van der Waals surface area contributed by atoms with E-state index >= 15 is 0 Å². The molecule has 1 fully saturated rings. The predicted octanol–water partition coefficient (Wildman–Crippen LogP) is 2.31. The molecule has 1 aliphatic heterocycles. The van der Waals surface area contributed by atoms with Gasteiger partial charge in [-0.25, -0.2) is 0 Å². The summed E-state index contributed by atoms with van der Waals surface area (Å²) >= 11 is 0. The molecule has 0 aromatic heterocycles. The Morgan fingerprint density at radius 3 is 1.86 bits per heavy atom. The predicted molar refractivity (Wildman–Crippen MR) is 53.4 cm³/mol. The fraction of sp³-hybridized carbons (Fsp3) is 0.900. The highest BCUT2D eigenvalue weighted by Crippen LogP contribution is 2.07. The summed E-state index contributed by atoms with van der Waals surface area (Å²) in [4.78, 5) is 9.60. The molecule has 0 aromatic carbocycles. The van der Waals surface area contributed by atoms with E-state index in [2.05, 4.69) is 4.74 Å². The maximum absolute atomic E-state index is 12.0. The number of ether oxygens (including phenoxy) is 1. The van der Waals surface area contributed by atoms with Crippen molar-refractivity contribution in [2.75, 3.05) is 13.1 Å². The third-order valence-corrected chi connectivity index (χ3v) is 1.70. The first kappa shape index (κ1) is 13.4. The molecule has 0 aromatic rings. The van der Waals surface area contributed by atoms with Gasteiger partial charge in [-0.3, -0.25) is 4.79 Å². The Bertz CT molecular complexity index is 151. The summed E-state index contributed by atoms with van der Waals surface area (Å²) in [5.41, 5.74) is -0.318. The Hall–Kier alpha value is -0.640. The molecule has 1 heterocycles. The standard InChI is InChI=1S/C5H10FN.C5H10O2/c6-7-4-2-1-3-5-7;1-5(2,3)7-4-6/h1-5H2;4H,1-3H3. The summed E-state index contributed by atoms with van der Waals surface area (Å²) in [7, 11) is 0. The Balaban J connectivity index is 0.000000241. The Labute approximate surface area is 85.2 Å². The molecule has 84 valence electrons. The van der Waals surface area contributed by atoms with E-state index < -0.39 is 0 Å². The van der Waals surface area contributed by atoms with Crippen LogP contribution in [0, 0.1) is 0 Å². The van der Waals surface area contributed by atoms with E-state index in [0.717, 1.165) is 18.0 Å². The number of carbonyl (C=O) groups excluding carboxylic acids is 1. The van der Waals surface area contributed by atoms with E-state index in [9.17, 15) is 9.28 Å². The normalized spacial score (nSPS) is 18.0. The lowest BCUT2D eigenvalue weighted by atomic mass is 10.2. The van der Waals surface area contributed by atoms with Crippen molar-refractivity contribution in [1.82, 2.24) is 5.12 Å². The van der Waals surface area contributed by atoms with Crippen LogP contribution in [0.2, 0.25) is 0 Å². The van der Waals surface area contributed by atoms with Gasteiger partial charge < -0.3 is 4.74 Å². The van der Waals surface area contributed by atoms with E-state index in [4.69, 9.17) is 0 Å². The first-order chi connectivity index (χ1) is 6.45. The van der Waals surface area contributed by atoms with Gasteiger partial charge in [0.05, 0.1) is 0 Å². The first-order valence-electron chi connectivity index (χ1n) is 4.98. The van der Waals surface area contributed by atoms with Gasteiger partial charge in [0.25, 0.3) is 6.47 Å². The zero-order valence-corrected chi connectivity index (χ0v) is 9.25. The second-order valence-corrected chi connectivity index (χ2v) is 4.30. The van der Waals surface area contributed by atoms with Gasteiger partial charge in [0, 0.05) is 13.1 Å². The highest BCUT2D eigenvalue weighted by atomic mass is 19.2. The average Bonchev–Trinajstić information content (AvgIpc) is 2.04. The summed E-state index contributed by atoms with van der Waals surface area (Å²) in [6.07, 6.45) is 3.29. The van der Waals surface area contributed by atoms with Gasteiger partial charge in [-0.15, -0.1) is 9.60 Å². The van der Waals surface area contributed by atoms with Gasteiger partial charge in [0.2, 0.25) is 0 Å². The molecular weight excluding hydrogens is 185 g/mol. The second kappa shape index (κ2) is 6.76. The average molecular weight is 205 g/mol. The van der Waals surface area contributed by atoms with Gasteiger partial charge in [0.15, 0.2) is 0 Å². The van der Waals surface area contributed by atoms with Gasteiger partial charge in [-0.05, 0) is 33.6 Å².